The van der Waals surface area contributed by atoms with E-state index < -0.39 is 0 Å². The molecule has 0 bridgehead atoms. The minimum Gasteiger partial charge on any atom is -0.494 e. The Morgan fingerprint density at radius 2 is 2.07 bits per heavy atom. The summed E-state index contributed by atoms with van der Waals surface area (Å²) in [5.41, 5.74) is 2.80. The third-order valence-electron chi connectivity index (χ3n) is 3.02. The van der Waals surface area contributed by atoms with E-state index >= 15 is 0 Å². The highest BCUT2D eigenvalue weighted by molar-refractivity contribution is 5.42. The summed E-state index contributed by atoms with van der Waals surface area (Å²) in [6.07, 6.45) is 2.67. The molecular formula is C14H20O. The van der Waals surface area contributed by atoms with E-state index in [4.69, 9.17) is 4.74 Å². The highest BCUT2D eigenvalue weighted by Crippen LogP contribution is 2.44. The van der Waals surface area contributed by atoms with Crippen molar-refractivity contribution in [2.75, 3.05) is 6.61 Å². The van der Waals surface area contributed by atoms with Crippen LogP contribution in [0.2, 0.25) is 0 Å². The predicted molar refractivity (Wildman–Crippen MR) is 63.7 cm³/mol. The molecule has 0 aromatic heterocycles. The van der Waals surface area contributed by atoms with E-state index in [9.17, 15) is 0 Å². The van der Waals surface area contributed by atoms with Crippen molar-refractivity contribution in [1.29, 1.82) is 0 Å². The van der Waals surface area contributed by atoms with Crippen molar-refractivity contribution in [1.82, 2.24) is 0 Å². The molecule has 1 saturated carbocycles. The summed E-state index contributed by atoms with van der Waals surface area (Å²) in [5, 5.41) is 0. The van der Waals surface area contributed by atoms with Gasteiger partial charge in [-0.15, -0.1) is 0 Å². The van der Waals surface area contributed by atoms with Crippen LogP contribution in [0.3, 0.4) is 0 Å². The van der Waals surface area contributed by atoms with Crippen LogP contribution in [0.25, 0.3) is 0 Å². The fourth-order valence-corrected chi connectivity index (χ4v) is 1.92. The molecule has 1 aliphatic rings. The van der Waals surface area contributed by atoms with Crippen LogP contribution in [0.4, 0.5) is 0 Å². The van der Waals surface area contributed by atoms with Crippen molar-refractivity contribution in [3.05, 3.63) is 29.3 Å². The lowest BCUT2D eigenvalue weighted by Gasteiger charge is -2.13. The molecular weight excluding hydrogens is 184 g/mol. The Bertz CT molecular complexity index is 337. The molecule has 0 N–H and O–H groups in total. The Kier molecular flexibility index (Phi) is 2.99. The Morgan fingerprint density at radius 3 is 2.60 bits per heavy atom. The fraction of sp³-hybridized carbons (Fsp3) is 0.571. The maximum atomic E-state index is 5.73. The van der Waals surface area contributed by atoms with Gasteiger partial charge in [-0.05, 0) is 48.8 Å². The maximum absolute atomic E-state index is 5.73. The molecule has 0 heterocycles. The summed E-state index contributed by atoms with van der Waals surface area (Å²) in [4.78, 5) is 0. The van der Waals surface area contributed by atoms with Gasteiger partial charge in [0.15, 0.2) is 0 Å². The molecule has 0 amide bonds. The van der Waals surface area contributed by atoms with Gasteiger partial charge in [-0.1, -0.05) is 26.0 Å². The molecule has 0 radical (unpaired) electrons. The lowest BCUT2D eigenvalue weighted by molar-refractivity contribution is 0.336. The second-order valence-electron chi connectivity index (χ2n) is 4.66. The summed E-state index contributed by atoms with van der Waals surface area (Å²) in [6.45, 7) is 7.27. The Hall–Kier alpha value is -0.980. The first kappa shape index (κ1) is 10.5. The average Bonchev–Trinajstić information content (AvgIpc) is 3.01. The largest absolute Gasteiger partial charge is 0.494 e. The number of hydrogen-bond donors (Lipinski definition) is 0. The van der Waals surface area contributed by atoms with Gasteiger partial charge in [-0.25, -0.2) is 0 Å². The molecule has 1 fully saturated rings. The average molecular weight is 204 g/mol. The van der Waals surface area contributed by atoms with Crippen LogP contribution in [-0.4, -0.2) is 6.61 Å². The van der Waals surface area contributed by atoms with Crippen LogP contribution in [-0.2, 0) is 0 Å². The molecule has 2 rings (SSSR count). The normalized spacial score (nSPS) is 15.7. The fourth-order valence-electron chi connectivity index (χ4n) is 1.92. The van der Waals surface area contributed by atoms with Crippen LogP contribution in [0.5, 0.6) is 5.75 Å². The van der Waals surface area contributed by atoms with Crippen molar-refractivity contribution in [2.24, 2.45) is 0 Å². The van der Waals surface area contributed by atoms with Crippen molar-refractivity contribution in [3.8, 4) is 5.75 Å². The number of ether oxygens (including phenoxy) is 1. The van der Waals surface area contributed by atoms with Gasteiger partial charge < -0.3 is 4.74 Å². The zero-order valence-corrected chi connectivity index (χ0v) is 9.92. The van der Waals surface area contributed by atoms with Gasteiger partial charge >= 0.3 is 0 Å². The topological polar surface area (TPSA) is 9.23 Å². The summed E-state index contributed by atoms with van der Waals surface area (Å²) < 4.78 is 5.73. The quantitative estimate of drug-likeness (QED) is 0.718. The first-order valence-corrected chi connectivity index (χ1v) is 5.99. The molecule has 1 nitrogen and oxygen atoms in total. The molecule has 0 saturated heterocycles. The van der Waals surface area contributed by atoms with Crippen molar-refractivity contribution in [3.63, 3.8) is 0 Å². The molecule has 1 aromatic rings. The van der Waals surface area contributed by atoms with Gasteiger partial charge in [0.05, 0.1) is 6.61 Å². The second kappa shape index (κ2) is 4.26. The van der Waals surface area contributed by atoms with E-state index in [1.54, 1.807) is 0 Å². The van der Waals surface area contributed by atoms with Crippen LogP contribution in [0, 0.1) is 0 Å². The SMILES string of the molecule is CCOc1cc(C(C)C)ccc1C1CC1. The zero-order chi connectivity index (χ0) is 10.8. The third kappa shape index (κ3) is 2.34. The zero-order valence-electron chi connectivity index (χ0n) is 9.92. The summed E-state index contributed by atoms with van der Waals surface area (Å²) in [7, 11) is 0. The van der Waals surface area contributed by atoms with E-state index in [2.05, 4.69) is 39.0 Å². The van der Waals surface area contributed by atoms with Gasteiger partial charge in [-0.3, -0.25) is 0 Å². The van der Waals surface area contributed by atoms with Crippen molar-refractivity contribution >= 4 is 0 Å². The smallest absolute Gasteiger partial charge is 0.123 e. The van der Waals surface area contributed by atoms with Gasteiger partial charge in [0, 0.05) is 0 Å². The second-order valence-corrected chi connectivity index (χ2v) is 4.66. The highest BCUT2D eigenvalue weighted by atomic mass is 16.5. The molecule has 0 aliphatic heterocycles. The van der Waals surface area contributed by atoms with Crippen molar-refractivity contribution in [2.45, 2.75) is 45.4 Å². The molecule has 0 atom stereocenters. The Labute approximate surface area is 92.5 Å². The summed E-state index contributed by atoms with van der Waals surface area (Å²) in [6, 6.07) is 6.74. The van der Waals surface area contributed by atoms with E-state index in [1.165, 1.54) is 24.0 Å². The number of rotatable bonds is 4. The Morgan fingerprint density at radius 1 is 1.33 bits per heavy atom. The monoisotopic (exact) mass is 204 g/mol. The molecule has 1 aromatic carbocycles. The lowest BCUT2D eigenvalue weighted by Crippen LogP contribution is -1.98. The van der Waals surface area contributed by atoms with Crippen LogP contribution in [0.1, 0.15) is 56.6 Å². The molecule has 82 valence electrons. The lowest BCUT2D eigenvalue weighted by atomic mass is 9.99. The summed E-state index contributed by atoms with van der Waals surface area (Å²) >= 11 is 0. The van der Waals surface area contributed by atoms with Crippen LogP contribution in [0.15, 0.2) is 18.2 Å². The first-order chi connectivity index (χ1) is 7.22. The first-order valence-electron chi connectivity index (χ1n) is 5.99. The number of hydrogen-bond acceptors (Lipinski definition) is 1. The van der Waals surface area contributed by atoms with E-state index in [0.29, 0.717) is 5.92 Å². The number of benzene rings is 1. The van der Waals surface area contributed by atoms with Crippen molar-refractivity contribution < 1.29 is 4.74 Å². The standard InChI is InChI=1S/C14H20O/c1-4-15-14-9-12(10(2)3)7-8-13(14)11-5-6-11/h7-11H,4-6H2,1-3H3. The Balaban J connectivity index is 2.30. The van der Waals surface area contributed by atoms with E-state index in [0.717, 1.165) is 18.3 Å². The molecule has 15 heavy (non-hydrogen) atoms. The minimum atomic E-state index is 0.581. The van der Waals surface area contributed by atoms with Crippen LogP contribution >= 0.6 is 0 Å². The van der Waals surface area contributed by atoms with E-state index in [1.807, 2.05) is 0 Å². The molecule has 0 unspecified atom stereocenters. The molecule has 1 heteroatoms. The maximum Gasteiger partial charge on any atom is 0.123 e. The highest BCUT2D eigenvalue weighted by Gasteiger charge is 2.26. The molecule has 0 spiro atoms. The minimum absolute atomic E-state index is 0.581. The van der Waals surface area contributed by atoms with Gasteiger partial charge in [0.25, 0.3) is 0 Å². The van der Waals surface area contributed by atoms with Gasteiger partial charge in [-0.2, -0.15) is 0 Å². The van der Waals surface area contributed by atoms with Gasteiger partial charge in [0.1, 0.15) is 5.75 Å². The third-order valence-corrected chi connectivity index (χ3v) is 3.02. The van der Waals surface area contributed by atoms with E-state index in [-0.39, 0.29) is 0 Å². The summed E-state index contributed by atoms with van der Waals surface area (Å²) in [5.74, 6) is 2.47. The molecule has 1 aliphatic carbocycles. The van der Waals surface area contributed by atoms with Crippen LogP contribution < -0.4 is 4.74 Å². The predicted octanol–water partition coefficient (Wildman–Crippen LogP) is 4.09. The van der Waals surface area contributed by atoms with Gasteiger partial charge in [0.2, 0.25) is 0 Å².